The Kier molecular flexibility index (Phi) is 5.81. The minimum atomic E-state index is -4.14. The molecule has 4 rings (SSSR count). The second kappa shape index (κ2) is 8.53. The van der Waals surface area contributed by atoms with Gasteiger partial charge in [0.15, 0.2) is 0 Å². The number of fused-ring (bicyclic) bond motifs is 1. The molecule has 0 unspecified atom stereocenters. The summed E-state index contributed by atoms with van der Waals surface area (Å²) in [4.78, 5) is 19.3. The normalized spacial score (nSPS) is 15.1. The SMILES string of the molecule is N#C/C(=C\c1c(N2CCCCC2)nc2ccccn2c1=O)S(=O)(=O)c1ccc(Cl)cc1. The van der Waals surface area contributed by atoms with Crippen LogP contribution in [0.25, 0.3) is 11.7 Å². The van der Waals surface area contributed by atoms with Crippen molar-refractivity contribution >= 4 is 39.0 Å². The highest BCUT2D eigenvalue weighted by Gasteiger charge is 2.25. The summed E-state index contributed by atoms with van der Waals surface area (Å²) in [6.45, 7) is 1.42. The third kappa shape index (κ3) is 4.07. The van der Waals surface area contributed by atoms with Crippen molar-refractivity contribution in [1.82, 2.24) is 9.38 Å². The van der Waals surface area contributed by atoms with Crippen LogP contribution >= 0.6 is 11.6 Å². The van der Waals surface area contributed by atoms with E-state index in [0.717, 1.165) is 25.3 Å². The fraction of sp³-hybridized carbons (Fsp3) is 0.227. The highest BCUT2D eigenvalue weighted by molar-refractivity contribution is 7.95. The Morgan fingerprint density at radius 1 is 1.10 bits per heavy atom. The number of allylic oxidation sites excluding steroid dienone is 1. The molecule has 7 nitrogen and oxygen atoms in total. The van der Waals surface area contributed by atoms with E-state index in [1.807, 2.05) is 4.90 Å². The number of anilines is 1. The van der Waals surface area contributed by atoms with Crippen molar-refractivity contribution in [3.05, 3.63) is 74.5 Å². The molecule has 0 amide bonds. The van der Waals surface area contributed by atoms with Crippen molar-refractivity contribution in [2.45, 2.75) is 24.2 Å². The lowest BCUT2D eigenvalue weighted by atomic mass is 10.1. The summed E-state index contributed by atoms with van der Waals surface area (Å²) in [5.41, 5.74) is 0.120. The van der Waals surface area contributed by atoms with Gasteiger partial charge < -0.3 is 4.90 Å². The van der Waals surface area contributed by atoms with Crippen LogP contribution in [0.3, 0.4) is 0 Å². The molecule has 0 saturated carbocycles. The van der Waals surface area contributed by atoms with Crippen molar-refractivity contribution in [2.75, 3.05) is 18.0 Å². The van der Waals surface area contributed by atoms with E-state index in [9.17, 15) is 18.5 Å². The van der Waals surface area contributed by atoms with Crippen LogP contribution in [-0.2, 0) is 9.84 Å². The minimum absolute atomic E-state index is 0.0712. The van der Waals surface area contributed by atoms with Crippen molar-refractivity contribution < 1.29 is 8.42 Å². The van der Waals surface area contributed by atoms with Crippen molar-refractivity contribution in [2.24, 2.45) is 0 Å². The van der Waals surface area contributed by atoms with Crippen molar-refractivity contribution in [1.29, 1.82) is 5.26 Å². The topological polar surface area (TPSA) is 95.5 Å². The van der Waals surface area contributed by atoms with Gasteiger partial charge in [-0.05, 0) is 61.7 Å². The van der Waals surface area contributed by atoms with Crippen LogP contribution in [0.2, 0.25) is 5.02 Å². The predicted octanol–water partition coefficient (Wildman–Crippen LogP) is 3.68. The molecule has 3 heterocycles. The van der Waals surface area contributed by atoms with E-state index in [4.69, 9.17) is 11.6 Å². The largest absolute Gasteiger partial charge is 0.356 e. The van der Waals surface area contributed by atoms with E-state index in [2.05, 4.69) is 4.98 Å². The van der Waals surface area contributed by atoms with Gasteiger partial charge in [0.1, 0.15) is 22.4 Å². The van der Waals surface area contributed by atoms with Crippen LogP contribution in [0, 0.1) is 11.3 Å². The minimum Gasteiger partial charge on any atom is -0.356 e. The molecule has 3 aromatic rings. The van der Waals surface area contributed by atoms with Gasteiger partial charge in [-0.3, -0.25) is 9.20 Å². The van der Waals surface area contributed by atoms with Crippen molar-refractivity contribution in [3.63, 3.8) is 0 Å². The lowest BCUT2D eigenvalue weighted by Crippen LogP contribution is -2.33. The molecule has 9 heteroatoms. The van der Waals surface area contributed by atoms with Crippen LogP contribution in [0.15, 0.2) is 63.3 Å². The molecule has 1 aromatic carbocycles. The second-order valence-electron chi connectivity index (χ2n) is 7.21. The maximum absolute atomic E-state index is 13.3. The molecule has 0 aliphatic carbocycles. The monoisotopic (exact) mass is 454 g/mol. The van der Waals surface area contributed by atoms with E-state index in [0.29, 0.717) is 29.6 Å². The fourth-order valence-corrected chi connectivity index (χ4v) is 4.87. The highest BCUT2D eigenvalue weighted by Crippen LogP contribution is 2.26. The van der Waals surface area contributed by atoms with Gasteiger partial charge in [-0.25, -0.2) is 13.4 Å². The molecule has 1 saturated heterocycles. The Balaban J connectivity index is 1.94. The van der Waals surface area contributed by atoms with Gasteiger partial charge in [0, 0.05) is 24.3 Å². The Labute approximate surface area is 184 Å². The predicted molar refractivity (Wildman–Crippen MR) is 120 cm³/mol. The quantitative estimate of drug-likeness (QED) is 0.558. The van der Waals surface area contributed by atoms with Gasteiger partial charge in [0.2, 0.25) is 9.84 Å². The zero-order valence-corrected chi connectivity index (χ0v) is 18.1. The van der Waals surface area contributed by atoms with Crippen LogP contribution < -0.4 is 10.5 Å². The zero-order valence-electron chi connectivity index (χ0n) is 16.5. The van der Waals surface area contributed by atoms with Gasteiger partial charge in [-0.1, -0.05) is 17.7 Å². The number of hydrogen-bond donors (Lipinski definition) is 0. The summed E-state index contributed by atoms with van der Waals surface area (Å²) in [6, 6.07) is 12.5. The molecule has 0 N–H and O–H groups in total. The van der Waals surface area contributed by atoms with E-state index in [1.165, 1.54) is 28.7 Å². The molecule has 0 atom stereocenters. The molecule has 158 valence electrons. The van der Waals surface area contributed by atoms with Crippen LogP contribution in [0.1, 0.15) is 24.8 Å². The van der Waals surface area contributed by atoms with Crippen molar-refractivity contribution in [3.8, 4) is 6.07 Å². The smallest absolute Gasteiger partial charge is 0.267 e. The molecule has 2 aromatic heterocycles. The summed E-state index contributed by atoms with van der Waals surface area (Å²) in [5, 5.41) is 10.1. The Morgan fingerprint density at radius 2 is 1.81 bits per heavy atom. The van der Waals surface area contributed by atoms with Gasteiger partial charge >= 0.3 is 0 Å². The standard InChI is InChI=1S/C22H19ClN4O3S/c23-16-7-9-17(10-8-16)31(29,30)18(15-24)14-19-21(26-11-3-1-4-12-26)25-20-6-2-5-13-27(20)22(19)28/h2,5-10,13-14H,1,3-4,11-12H2/b18-14+. The molecule has 31 heavy (non-hydrogen) atoms. The number of nitriles is 1. The molecule has 1 aliphatic rings. The highest BCUT2D eigenvalue weighted by atomic mass is 35.5. The molecule has 1 aliphatic heterocycles. The number of piperidine rings is 1. The number of aromatic nitrogens is 2. The van der Waals surface area contributed by atoms with Gasteiger partial charge in [0.25, 0.3) is 5.56 Å². The van der Waals surface area contributed by atoms with Gasteiger partial charge in [0.05, 0.1) is 10.5 Å². The second-order valence-corrected chi connectivity index (χ2v) is 9.56. The van der Waals surface area contributed by atoms with Gasteiger partial charge in [-0.15, -0.1) is 0 Å². The fourth-order valence-electron chi connectivity index (χ4n) is 3.61. The molecule has 0 bridgehead atoms. The first-order valence-electron chi connectivity index (χ1n) is 9.80. The first kappa shape index (κ1) is 21.1. The average molecular weight is 455 g/mol. The number of pyridine rings is 1. The van der Waals surface area contributed by atoms with Crippen LogP contribution in [0.5, 0.6) is 0 Å². The first-order valence-corrected chi connectivity index (χ1v) is 11.7. The number of benzene rings is 1. The Hall–Kier alpha value is -3.15. The molecule has 0 spiro atoms. The zero-order chi connectivity index (χ0) is 22.0. The van der Waals surface area contributed by atoms with E-state index in [-0.39, 0.29) is 10.5 Å². The average Bonchev–Trinajstić information content (AvgIpc) is 2.79. The number of halogens is 1. The van der Waals surface area contributed by atoms with E-state index >= 15 is 0 Å². The molecular weight excluding hydrogens is 436 g/mol. The summed E-state index contributed by atoms with van der Waals surface area (Å²) in [5.74, 6) is 0.398. The van der Waals surface area contributed by atoms with Gasteiger partial charge in [-0.2, -0.15) is 5.26 Å². The Bertz CT molecular complexity index is 1370. The number of sulfone groups is 1. The third-order valence-corrected chi connectivity index (χ3v) is 7.14. The lowest BCUT2D eigenvalue weighted by Gasteiger charge is -2.29. The molecule has 0 radical (unpaired) electrons. The summed E-state index contributed by atoms with van der Waals surface area (Å²) >= 11 is 5.86. The maximum Gasteiger partial charge on any atom is 0.267 e. The summed E-state index contributed by atoms with van der Waals surface area (Å²) in [7, 11) is -4.14. The first-order chi connectivity index (χ1) is 14.9. The summed E-state index contributed by atoms with van der Waals surface area (Å²) in [6.07, 6.45) is 5.70. The summed E-state index contributed by atoms with van der Waals surface area (Å²) < 4.78 is 27.5. The molecule has 1 fully saturated rings. The molecular formula is C22H19ClN4O3S. The van der Waals surface area contributed by atoms with Crippen LogP contribution in [-0.4, -0.2) is 30.9 Å². The van der Waals surface area contributed by atoms with E-state index < -0.39 is 20.3 Å². The third-order valence-electron chi connectivity index (χ3n) is 5.20. The van der Waals surface area contributed by atoms with Crippen LogP contribution in [0.4, 0.5) is 5.82 Å². The number of rotatable bonds is 4. The number of nitrogens with zero attached hydrogens (tertiary/aromatic N) is 4. The Morgan fingerprint density at radius 3 is 2.48 bits per heavy atom. The maximum atomic E-state index is 13.3. The van der Waals surface area contributed by atoms with E-state index in [1.54, 1.807) is 30.5 Å². The number of hydrogen-bond acceptors (Lipinski definition) is 6. The lowest BCUT2D eigenvalue weighted by molar-refractivity contribution is 0.573.